The molecule has 3 aromatic rings. The Morgan fingerprint density at radius 1 is 1.00 bits per heavy atom. The molecule has 1 heterocycles. The van der Waals surface area contributed by atoms with Crippen molar-refractivity contribution in [1.29, 1.82) is 0 Å². The quantitative estimate of drug-likeness (QED) is 0.317. The van der Waals surface area contributed by atoms with Gasteiger partial charge < -0.3 is 20.1 Å². The van der Waals surface area contributed by atoms with Crippen molar-refractivity contribution in [3.8, 4) is 0 Å². The molecule has 1 aliphatic rings. The third-order valence-corrected chi connectivity index (χ3v) is 6.32. The number of urea groups is 1. The summed E-state index contributed by atoms with van der Waals surface area (Å²) in [6.07, 6.45) is 0.743. The number of amides is 3. The number of benzene rings is 3. The van der Waals surface area contributed by atoms with E-state index in [1.165, 1.54) is 7.11 Å². The lowest BCUT2D eigenvalue weighted by Crippen LogP contribution is -2.48. The number of methoxy groups -OCH3 is 1. The number of allylic oxidation sites excluding steroid dienone is 1. The molecule has 1 unspecified atom stereocenters. The van der Waals surface area contributed by atoms with Crippen molar-refractivity contribution in [3.63, 3.8) is 0 Å². The number of carbonyl (C=O) groups is 3. The maximum atomic E-state index is 13.0. The van der Waals surface area contributed by atoms with Gasteiger partial charge in [0, 0.05) is 30.6 Å². The summed E-state index contributed by atoms with van der Waals surface area (Å²) in [7, 11) is 1.53. The Bertz CT molecular complexity index is 1330. The van der Waals surface area contributed by atoms with Gasteiger partial charge in [0.25, 0.3) is 5.91 Å². The van der Waals surface area contributed by atoms with Crippen LogP contribution in [0.25, 0.3) is 10.8 Å². The molecule has 4 rings (SSSR count). The molecule has 0 fully saturated rings. The summed E-state index contributed by atoms with van der Waals surface area (Å²) >= 11 is 0. The SMILES string of the molecule is CCCN1C(=O)NC(c2ccc(NC(=O)c3cccc4ccccc34)cc2)C(C(=O)OCCOC)=C1C. The Morgan fingerprint density at radius 2 is 1.73 bits per heavy atom. The van der Waals surface area contributed by atoms with Crippen LogP contribution < -0.4 is 10.6 Å². The molecule has 0 saturated heterocycles. The van der Waals surface area contributed by atoms with E-state index in [-0.39, 0.29) is 25.2 Å². The Morgan fingerprint density at radius 3 is 2.46 bits per heavy atom. The van der Waals surface area contributed by atoms with Gasteiger partial charge in [-0.2, -0.15) is 0 Å². The summed E-state index contributed by atoms with van der Waals surface area (Å²) in [6, 6.07) is 19.5. The highest BCUT2D eigenvalue weighted by Crippen LogP contribution is 2.32. The number of hydrogen-bond donors (Lipinski definition) is 2. The Labute approximate surface area is 216 Å². The first-order valence-corrected chi connectivity index (χ1v) is 12.3. The monoisotopic (exact) mass is 501 g/mol. The Balaban J connectivity index is 1.58. The van der Waals surface area contributed by atoms with E-state index in [2.05, 4.69) is 10.6 Å². The number of carbonyl (C=O) groups excluding carboxylic acids is 3. The molecule has 0 saturated carbocycles. The molecule has 0 bridgehead atoms. The third kappa shape index (κ3) is 5.65. The Kier molecular flexibility index (Phi) is 8.20. The first kappa shape index (κ1) is 25.9. The van der Waals surface area contributed by atoms with Crippen LogP contribution >= 0.6 is 0 Å². The largest absolute Gasteiger partial charge is 0.460 e. The van der Waals surface area contributed by atoms with Crippen LogP contribution in [0.4, 0.5) is 10.5 Å². The van der Waals surface area contributed by atoms with E-state index in [1.807, 2.05) is 43.3 Å². The van der Waals surface area contributed by atoms with Gasteiger partial charge >= 0.3 is 12.0 Å². The van der Waals surface area contributed by atoms with Crippen LogP contribution in [0, 0.1) is 0 Å². The molecule has 3 aromatic carbocycles. The predicted octanol–water partition coefficient (Wildman–Crippen LogP) is 5.03. The fraction of sp³-hybridized carbons (Fsp3) is 0.276. The lowest BCUT2D eigenvalue weighted by atomic mass is 9.94. The number of ether oxygens (including phenoxy) is 2. The minimum atomic E-state index is -0.682. The second-order valence-electron chi connectivity index (χ2n) is 8.76. The predicted molar refractivity (Wildman–Crippen MR) is 142 cm³/mol. The summed E-state index contributed by atoms with van der Waals surface area (Å²) in [4.78, 5) is 40.4. The summed E-state index contributed by atoms with van der Waals surface area (Å²) in [5, 5.41) is 7.74. The van der Waals surface area contributed by atoms with E-state index < -0.39 is 12.0 Å². The van der Waals surface area contributed by atoms with Crippen molar-refractivity contribution in [2.75, 3.05) is 32.2 Å². The molecule has 192 valence electrons. The summed E-state index contributed by atoms with van der Waals surface area (Å²) in [5.74, 6) is -0.724. The zero-order chi connectivity index (χ0) is 26.4. The third-order valence-electron chi connectivity index (χ3n) is 6.32. The molecule has 8 nitrogen and oxygen atoms in total. The van der Waals surface area contributed by atoms with Crippen LogP contribution in [0.2, 0.25) is 0 Å². The standard InChI is InChI=1S/C29H31N3O5/c1-4-16-32-19(2)25(28(34)37-18-17-36-3)26(31-29(32)35)21-12-14-22(15-13-21)30-27(33)24-11-7-9-20-8-5-6-10-23(20)24/h5-15,26H,4,16-18H2,1-3H3,(H,30,33)(H,31,35). The maximum Gasteiger partial charge on any atom is 0.338 e. The van der Waals surface area contributed by atoms with Crippen LogP contribution in [-0.4, -0.2) is 49.7 Å². The molecule has 37 heavy (non-hydrogen) atoms. The van der Waals surface area contributed by atoms with Crippen LogP contribution in [-0.2, 0) is 14.3 Å². The molecule has 0 radical (unpaired) electrons. The van der Waals surface area contributed by atoms with E-state index in [1.54, 1.807) is 42.2 Å². The molecule has 0 spiro atoms. The summed E-state index contributed by atoms with van der Waals surface area (Å²) in [6.45, 7) is 4.60. The van der Waals surface area contributed by atoms with E-state index in [0.717, 1.165) is 17.2 Å². The lowest BCUT2D eigenvalue weighted by molar-refractivity contribution is -0.140. The van der Waals surface area contributed by atoms with Gasteiger partial charge in [-0.3, -0.25) is 9.69 Å². The van der Waals surface area contributed by atoms with Crippen molar-refractivity contribution in [1.82, 2.24) is 10.2 Å². The number of esters is 1. The van der Waals surface area contributed by atoms with Gasteiger partial charge in [-0.25, -0.2) is 9.59 Å². The van der Waals surface area contributed by atoms with Crippen molar-refractivity contribution in [2.45, 2.75) is 26.3 Å². The average Bonchev–Trinajstić information content (AvgIpc) is 2.91. The zero-order valence-corrected chi connectivity index (χ0v) is 21.2. The first-order valence-electron chi connectivity index (χ1n) is 12.3. The molecule has 0 aromatic heterocycles. The van der Waals surface area contributed by atoms with Crippen LogP contribution in [0.1, 0.15) is 42.2 Å². The highest BCUT2D eigenvalue weighted by molar-refractivity contribution is 6.12. The smallest absolute Gasteiger partial charge is 0.338 e. The van der Waals surface area contributed by atoms with Gasteiger partial charge in [-0.05, 0) is 47.9 Å². The molecular weight excluding hydrogens is 470 g/mol. The minimum absolute atomic E-state index is 0.111. The molecule has 0 aliphatic carbocycles. The van der Waals surface area contributed by atoms with Crippen LogP contribution in [0.15, 0.2) is 78.0 Å². The van der Waals surface area contributed by atoms with Gasteiger partial charge in [0.1, 0.15) is 6.61 Å². The number of anilines is 1. The fourth-order valence-electron chi connectivity index (χ4n) is 4.46. The molecular formula is C29H31N3O5. The number of nitrogens with one attached hydrogen (secondary N) is 2. The lowest BCUT2D eigenvalue weighted by Gasteiger charge is -2.35. The molecule has 8 heteroatoms. The van der Waals surface area contributed by atoms with Gasteiger partial charge in [-0.1, -0.05) is 55.5 Å². The van der Waals surface area contributed by atoms with E-state index in [9.17, 15) is 14.4 Å². The van der Waals surface area contributed by atoms with E-state index in [4.69, 9.17) is 9.47 Å². The summed E-state index contributed by atoms with van der Waals surface area (Å²) < 4.78 is 10.4. The highest BCUT2D eigenvalue weighted by atomic mass is 16.6. The fourth-order valence-corrected chi connectivity index (χ4v) is 4.46. The average molecular weight is 502 g/mol. The zero-order valence-electron chi connectivity index (χ0n) is 21.2. The van der Waals surface area contributed by atoms with Crippen molar-refractivity contribution in [3.05, 3.63) is 89.1 Å². The maximum absolute atomic E-state index is 13.0. The number of nitrogens with zero attached hydrogens (tertiary/aromatic N) is 1. The van der Waals surface area contributed by atoms with Gasteiger partial charge in [0.05, 0.1) is 18.2 Å². The van der Waals surface area contributed by atoms with E-state index in [0.29, 0.717) is 34.6 Å². The van der Waals surface area contributed by atoms with Gasteiger partial charge in [0.2, 0.25) is 0 Å². The number of rotatable bonds is 9. The van der Waals surface area contributed by atoms with Crippen molar-refractivity contribution >= 4 is 34.4 Å². The second kappa shape index (κ2) is 11.7. The van der Waals surface area contributed by atoms with Crippen molar-refractivity contribution < 1.29 is 23.9 Å². The van der Waals surface area contributed by atoms with E-state index >= 15 is 0 Å². The van der Waals surface area contributed by atoms with Crippen LogP contribution in [0.3, 0.4) is 0 Å². The van der Waals surface area contributed by atoms with Gasteiger partial charge in [0.15, 0.2) is 0 Å². The number of hydrogen-bond acceptors (Lipinski definition) is 5. The van der Waals surface area contributed by atoms with Gasteiger partial charge in [-0.15, -0.1) is 0 Å². The van der Waals surface area contributed by atoms with Crippen LogP contribution in [0.5, 0.6) is 0 Å². The molecule has 2 N–H and O–H groups in total. The molecule has 3 amide bonds. The highest BCUT2D eigenvalue weighted by Gasteiger charge is 2.36. The Hall–Kier alpha value is -4.17. The topological polar surface area (TPSA) is 97.0 Å². The molecule has 1 aliphatic heterocycles. The molecule has 1 atom stereocenters. The second-order valence-corrected chi connectivity index (χ2v) is 8.76. The van der Waals surface area contributed by atoms with Crippen molar-refractivity contribution in [2.24, 2.45) is 0 Å². The first-order chi connectivity index (χ1) is 17.9. The normalized spacial score (nSPS) is 15.5. The number of fused-ring (bicyclic) bond motifs is 1. The summed E-state index contributed by atoms with van der Waals surface area (Å²) in [5.41, 5.74) is 2.81. The minimum Gasteiger partial charge on any atom is -0.460 e.